The molecule has 0 spiro atoms. The molecule has 29 heavy (non-hydrogen) atoms. The van der Waals surface area contributed by atoms with Crippen LogP contribution in [0, 0.1) is 11.8 Å². The number of aliphatic hydroxyl groups excluding tert-OH is 1. The van der Waals surface area contributed by atoms with Gasteiger partial charge in [0.15, 0.2) is 0 Å². The van der Waals surface area contributed by atoms with Gasteiger partial charge in [0.2, 0.25) is 0 Å². The van der Waals surface area contributed by atoms with Crippen LogP contribution in [0.5, 0.6) is 0 Å². The van der Waals surface area contributed by atoms with Crippen LogP contribution in [0.1, 0.15) is 107 Å². The van der Waals surface area contributed by atoms with Gasteiger partial charge in [-0.05, 0) is 55.1 Å². The largest absolute Gasteiger partial charge is 0.481 e. The number of carbonyl (C=O) groups is 2. The summed E-state index contributed by atoms with van der Waals surface area (Å²) in [6.45, 7) is 0. The van der Waals surface area contributed by atoms with Crippen molar-refractivity contribution in [1.29, 1.82) is 0 Å². The number of rotatable bonds is 10. The number of hydrogen-bond donors (Lipinski definition) is 2. The maximum Gasteiger partial charge on any atom is 0.303 e. The van der Waals surface area contributed by atoms with Crippen LogP contribution in [0.3, 0.4) is 0 Å². The Morgan fingerprint density at radius 3 is 2.34 bits per heavy atom. The van der Waals surface area contributed by atoms with E-state index in [9.17, 15) is 14.7 Å². The predicted octanol–water partition coefficient (Wildman–Crippen LogP) is 5.79. The highest BCUT2D eigenvalue weighted by Gasteiger charge is 2.35. The van der Waals surface area contributed by atoms with Gasteiger partial charge in [-0.25, -0.2) is 0 Å². The second-order valence-electron chi connectivity index (χ2n) is 9.07. The van der Waals surface area contributed by atoms with Crippen LogP contribution in [-0.2, 0) is 9.59 Å². The maximum absolute atomic E-state index is 12.4. The fourth-order valence-corrected chi connectivity index (χ4v) is 5.33. The average molecular weight is 401 g/mol. The van der Waals surface area contributed by atoms with E-state index in [1.807, 2.05) is 0 Å². The summed E-state index contributed by atoms with van der Waals surface area (Å²) < 4.78 is 0. The lowest BCUT2D eigenvalue weighted by Crippen LogP contribution is -2.16. The topological polar surface area (TPSA) is 74.6 Å². The van der Waals surface area contributed by atoms with Gasteiger partial charge in [0.1, 0.15) is 5.78 Å². The number of ketones is 1. The molecule has 3 rings (SSSR count). The van der Waals surface area contributed by atoms with Gasteiger partial charge in [-0.3, -0.25) is 9.59 Å². The van der Waals surface area contributed by atoms with Crippen LogP contribution in [0.2, 0.25) is 0 Å². The van der Waals surface area contributed by atoms with E-state index in [1.54, 1.807) is 0 Å². The number of carbonyl (C=O) groups excluding carboxylic acids is 1. The zero-order chi connectivity index (χ0) is 20.6. The standard InChI is InChI=1S/C25H36O4/c26-23-17-16-21(22(23)10-6-1-2-7-11-24(27)28)18-12-14-20(15-13-18)25(29)19-8-4-3-5-9-19/h12-15,19,21-22,25,29H,1-11,16-17H2,(H,27,28)/t21-,22-,25?/m1/s1. The SMILES string of the molecule is O=C(O)CCCCCC[C@H]1C(=O)CC[C@@H]1c1ccc(C(O)C2CCCCC2)cc1. The van der Waals surface area contributed by atoms with Gasteiger partial charge in [-0.15, -0.1) is 0 Å². The molecule has 0 aliphatic heterocycles. The van der Waals surface area contributed by atoms with Crippen molar-refractivity contribution in [2.45, 2.75) is 95.5 Å². The van der Waals surface area contributed by atoms with Crippen LogP contribution >= 0.6 is 0 Å². The highest BCUT2D eigenvalue weighted by Crippen LogP contribution is 2.41. The second-order valence-corrected chi connectivity index (χ2v) is 9.07. The van der Waals surface area contributed by atoms with Gasteiger partial charge < -0.3 is 10.2 Å². The minimum Gasteiger partial charge on any atom is -0.481 e. The zero-order valence-corrected chi connectivity index (χ0v) is 17.5. The fraction of sp³-hybridized carbons (Fsp3) is 0.680. The second kappa shape index (κ2) is 10.9. The number of Topliss-reactive ketones (excluding diaryl/α,β-unsaturated/α-hetero) is 1. The molecule has 0 bridgehead atoms. The van der Waals surface area contributed by atoms with Gasteiger partial charge in [0.05, 0.1) is 6.10 Å². The Balaban J connectivity index is 1.52. The van der Waals surface area contributed by atoms with Crippen molar-refractivity contribution >= 4 is 11.8 Å². The first-order valence-corrected chi connectivity index (χ1v) is 11.6. The van der Waals surface area contributed by atoms with E-state index >= 15 is 0 Å². The smallest absolute Gasteiger partial charge is 0.303 e. The van der Waals surface area contributed by atoms with E-state index in [4.69, 9.17) is 5.11 Å². The molecule has 4 nitrogen and oxygen atoms in total. The first kappa shape index (κ1) is 22.0. The Labute approximate surface area is 174 Å². The number of aliphatic hydroxyl groups is 1. The molecule has 2 N–H and O–H groups in total. The molecule has 0 saturated heterocycles. The molecule has 0 amide bonds. The molecule has 0 aromatic heterocycles. The van der Waals surface area contributed by atoms with Crippen LogP contribution in [-0.4, -0.2) is 22.0 Å². The molecular weight excluding hydrogens is 364 g/mol. The molecule has 4 heteroatoms. The van der Waals surface area contributed by atoms with Crippen LogP contribution in [0.4, 0.5) is 0 Å². The Kier molecular flexibility index (Phi) is 8.29. The maximum atomic E-state index is 12.4. The van der Waals surface area contributed by atoms with Crippen LogP contribution in [0.25, 0.3) is 0 Å². The summed E-state index contributed by atoms with van der Waals surface area (Å²) >= 11 is 0. The van der Waals surface area contributed by atoms with Crippen molar-refractivity contribution in [2.75, 3.05) is 0 Å². The molecule has 2 aliphatic rings. The van der Waals surface area contributed by atoms with Crippen molar-refractivity contribution in [3.8, 4) is 0 Å². The molecule has 2 aliphatic carbocycles. The van der Waals surface area contributed by atoms with E-state index in [1.165, 1.54) is 24.8 Å². The number of hydrogen-bond acceptors (Lipinski definition) is 3. The third-order valence-electron chi connectivity index (χ3n) is 7.06. The number of carboxylic acids is 1. The molecule has 0 radical (unpaired) electrons. The number of carboxylic acid groups (broad SMARTS) is 1. The molecule has 1 aromatic rings. The molecule has 2 saturated carbocycles. The summed E-state index contributed by atoms with van der Waals surface area (Å²) in [5, 5.41) is 19.4. The zero-order valence-electron chi connectivity index (χ0n) is 17.5. The number of unbranched alkanes of at least 4 members (excludes halogenated alkanes) is 3. The van der Waals surface area contributed by atoms with E-state index in [0.29, 0.717) is 24.0 Å². The van der Waals surface area contributed by atoms with Crippen molar-refractivity contribution in [1.82, 2.24) is 0 Å². The Morgan fingerprint density at radius 1 is 0.966 bits per heavy atom. The molecule has 1 unspecified atom stereocenters. The highest BCUT2D eigenvalue weighted by molar-refractivity contribution is 5.84. The predicted molar refractivity (Wildman–Crippen MR) is 114 cm³/mol. The van der Waals surface area contributed by atoms with E-state index in [-0.39, 0.29) is 18.4 Å². The van der Waals surface area contributed by atoms with Crippen LogP contribution in [0.15, 0.2) is 24.3 Å². The van der Waals surface area contributed by atoms with Gasteiger partial charge in [0.25, 0.3) is 0 Å². The van der Waals surface area contributed by atoms with Crippen molar-refractivity contribution < 1.29 is 19.8 Å². The molecule has 1 aromatic carbocycles. The molecule has 0 heterocycles. The fourth-order valence-electron chi connectivity index (χ4n) is 5.33. The first-order chi connectivity index (χ1) is 14.1. The Bertz CT molecular complexity index is 660. The van der Waals surface area contributed by atoms with Gasteiger partial charge in [-0.2, -0.15) is 0 Å². The normalized spacial score (nSPS) is 24.0. The van der Waals surface area contributed by atoms with Crippen molar-refractivity contribution in [3.63, 3.8) is 0 Å². The summed E-state index contributed by atoms with van der Waals surface area (Å²) in [6.07, 6.45) is 12.0. The van der Waals surface area contributed by atoms with E-state index in [0.717, 1.165) is 56.9 Å². The highest BCUT2D eigenvalue weighted by atomic mass is 16.4. The van der Waals surface area contributed by atoms with Crippen molar-refractivity contribution in [3.05, 3.63) is 35.4 Å². The van der Waals surface area contributed by atoms with Gasteiger partial charge in [0, 0.05) is 18.8 Å². The quantitative estimate of drug-likeness (QED) is 0.488. The minimum absolute atomic E-state index is 0.101. The van der Waals surface area contributed by atoms with Crippen molar-refractivity contribution in [2.24, 2.45) is 11.8 Å². The first-order valence-electron chi connectivity index (χ1n) is 11.6. The minimum atomic E-state index is -0.729. The lowest BCUT2D eigenvalue weighted by molar-refractivity contribution is -0.137. The summed E-state index contributed by atoms with van der Waals surface area (Å²) in [7, 11) is 0. The third kappa shape index (κ3) is 6.15. The monoisotopic (exact) mass is 400 g/mol. The average Bonchev–Trinajstić information content (AvgIpc) is 3.11. The molecule has 3 atom stereocenters. The third-order valence-corrected chi connectivity index (χ3v) is 7.06. The number of aliphatic carboxylic acids is 1. The van der Waals surface area contributed by atoms with E-state index in [2.05, 4.69) is 24.3 Å². The molecule has 160 valence electrons. The van der Waals surface area contributed by atoms with Gasteiger partial charge in [-0.1, -0.05) is 62.8 Å². The van der Waals surface area contributed by atoms with Crippen LogP contribution < -0.4 is 0 Å². The summed E-state index contributed by atoms with van der Waals surface area (Å²) in [5.74, 6) is 0.433. The lowest BCUT2D eigenvalue weighted by atomic mass is 9.81. The van der Waals surface area contributed by atoms with E-state index < -0.39 is 5.97 Å². The van der Waals surface area contributed by atoms with Gasteiger partial charge >= 0.3 is 5.97 Å². The molecule has 2 fully saturated rings. The summed E-state index contributed by atoms with van der Waals surface area (Å²) in [5.41, 5.74) is 2.24. The number of benzene rings is 1. The molecular formula is C25H36O4. The Morgan fingerprint density at radius 2 is 1.66 bits per heavy atom. The summed E-state index contributed by atoms with van der Waals surface area (Å²) in [4.78, 5) is 23.0. The summed E-state index contributed by atoms with van der Waals surface area (Å²) in [6, 6.07) is 8.40. The Hall–Kier alpha value is -1.68. The lowest BCUT2D eigenvalue weighted by Gasteiger charge is -2.27.